The minimum atomic E-state index is -0.136. The van der Waals surface area contributed by atoms with Crippen LogP contribution in [0.1, 0.15) is 47.9 Å². The van der Waals surface area contributed by atoms with Crippen molar-refractivity contribution in [1.82, 2.24) is 10.6 Å². The second kappa shape index (κ2) is 14.0. The normalized spacial score (nSPS) is 11.1. The van der Waals surface area contributed by atoms with Gasteiger partial charge in [-0.1, -0.05) is 25.0 Å². The maximum absolute atomic E-state index is 9.58. The minimum Gasteiger partial charge on any atom is -0.508 e. The van der Waals surface area contributed by atoms with Crippen molar-refractivity contribution in [3.63, 3.8) is 0 Å². The lowest BCUT2D eigenvalue weighted by Crippen LogP contribution is -2.19. The van der Waals surface area contributed by atoms with Gasteiger partial charge in [-0.15, -0.1) is 0 Å². The van der Waals surface area contributed by atoms with Crippen molar-refractivity contribution in [2.75, 3.05) is 26.2 Å². The summed E-state index contributed by atoms with van der Waals surface area (Å²) in [5.41, 5.74) is 3.41. The molecule has 6 N–H and O–H groups in total. The molecule has 0 bridgehead atoms. The van der Waals surface area contributed by atoms with E-state index in [9.17, 15) is 20.4 Å². The monoisotopic (exact) mass is 416 g/mol. The van der Waals surface area contributed by atoms with Crippen LogP contribution in [0, 0.1) is 0 Å². The Kier molecular flexibility index (Phi) is 11.3. The van der Waals surface area contributed by atoms with Crippen molar-refractivity contribution in [1.29, 1.82) is 0 Å². The largest absolute Gasteiger partial charge is 0.508 e. The van der Waals surface area contributed by atoms with Crippen molar-refractivity contribution in [2.45, 2.75) is 51.7 Å². The minimum absolute atomic E-state index is 0.136. The number of unbranched alkanes of at least 4 members (excludes halogenated alkanes) is 3. The second-order valence-electron chi connectivity index (χ2n) is 7.66. The standard InChI is InChI=1S/C24H36N2O4/c27-17-21-15-19(5-7-23(21)29)9-13-25-11-3-1-2-4-12-26-14-10-20-6-8-24(30)22(16-20)18-28/h5-8,15-16,25-30H,1-4,9-14,17-18H2. The van der Waals surface area contributed by atoms with Gasteiger partial charge in [0.25, 0.3) is 0 Å². The number of aliphatic hydroxyl groups excluding tert-OH is 2. The molecule has 2 rings (SSSR count). The molecule has 0 atom stereocenters. The lowest BCUT2D eigenvalue weighted by Gasteiger charge is -2.08. The molecule has 0 aliphatic rings. The average Bonchev–Trinajstić information content (AvgIpc) is 2.76. The highest BCUT2D eigenvalue weighted by Crippen LogP contribution is 2.19. The van der Waals surface area contributed by atoms with Gasteiger partial charge in [-0.25, -0.2) is 0 Å². The molecule has 0 aliphatic heterocycles. The quantitative estimate of drug-likeness (QED) is 0.249. The van der Waals surface area contributed by atoms with E-state index in [1.807, 2.05) is 24.3 Å². The van der Waals surface area contributed by atoms with E-state index in [2.05, 4.69) is 10.6 Å². The molecule has 0 spiro atoms. The summed E-state index contributed by atoms with van der Waals surface area (Å²) >= 11 is 0. The van der Waals surface area contributed by atoms with Crippen LogP contribution in [-0.2, 0) is 26.1 Å². The topological polar surface area (TPSA) is 105 Å². The Bertz CT molecular complexity index is 688. The van der Waals surface area contributed by atoms with Crippen LogP contribution in [0.15, 0.2) is 36.4 Å². The fourth-order valence-electron chi connectivity index (χ4n) is 3.41. The molecule has 0 amide bonds. The number of benzene rings is 2. The Hall–Kier alpha value is -2.12. The molecule has 0 radical (unpaired) electrons. The van der Waals surface area contributed by atoms with Crippen molar-refractivity contribution >= 4 is 0 Å². The van der Waals surface area contributed by atoms with Gasteiger partial charge in [0.15, 0.2) is 0 Å². The molecule has 0 saturated carbocycles. The molecule has 30 heavy (non-hydrogen) atoms. The van der Waals surface area contributed by atoms with Gasteiger partial charge in [-0.2, -0.15) is 0 Å². The third-order valence-electron chi connectivity index (χ3n) is 5.27. The summed E-state index contributed by atoms with van der Waals surface area (Å²) in [4.78, 5) is 0. The Morgan fingerprint density at radius 3 is 1.40 bits per heavy atom. The van der Waals surface area contributed by atoms with Gasteiger partial charge in [0.05, 0.1) is 13.2 Å². The van der Waals surface area contributed by atoms with E-state index < -0.39 is 0 Å². The first-order valence-corrected chi connectivity index (χ1v) is 10.9. The summed E-state index contributed by atoms with van der Waals surface area (Å²) in [5, 5.41) is 44.4. The molecule has 0 aromatic heterocycles. The maximum atomic E-state index is 9.58. The Labute approximate surface area is 179 Å². The van der Waals surface area contributed by atoms with E-state index in [0.29, 0.717) is 11.1 Å². The zero-order valence-corrected chi connectivity index (χ0v) is 17.7. The van der Waals surface area contributed by atoms with Crippen LogP contribution >= 0.6 is 0 Å². The van der Waals surface area contributed by atoms with Gasteiger partial charge in [0.2, 0.25) is 0 Å². The van der Waals surface area contributed by atoms with Crippen molar-refractivity contribution in [3.8, 4) is 11.5 Å². The number of phenols is 2. The SMILES string of the molecule is OCc1cc(CCNCCCCCCNCCc2ccc(O)c(CO)c2)ccc1O. The van der Waals surface area contributed by atoms with Crippen LogP contribution in [0.25, 0.3) is 0 Å². The van der Waals surface area contributed by atoms with Crippen LogP contribution < -0.4 is 10.6 Å². The fraction of sp³-hybridized carbons (Fsp3) is 0.500. The zero-order valence-electron chi connectivity index (χ0n) is 17.7. The number of aliphatic hydroxyl groups is 2. The first-order chi connectivity index (χ1) is 14.6. The summed E-state index contributed by atoms with van der Waals surface area (Å²) in [5.74, 6) is 0.305. The van der Waals surface area contributed by atoms with Crippen LogP contribution in [0.5, 0.6) is 11.5 Å². The number of hydrogen-bond donors (Lipinski definition) is 6. The first-order valence-electron chi connectivity index (χ1n) is 10.9. The summed E-state index contributed by atoms with van der Waals surface area (Å²) < 4.78 is 0. The molecule has 6 heteroatoms. The lowest BCUT2D eigenvalue weighted by atomic mass is 10.1. The number of aromatic hydroxyl groups is 2. The molecule has 0 aliphatic carbocycles. The Balaban J connectivity index is 1.42. The third-order valence-corrected chi connectivity index (χ3v) is 5.27. The van der Waals surface area contributed by atoms with Crippen molar-refractivity contribution in [3.05, 3.63) is 58.7 Å². The highest BCUT2D eigenvalue weighted by Gasteiger charge is 2.02. The van der Waals surface area contributed by atoms with E-state index in [4.69, 9.17) is 0 Å². The Morgan fingerprint density at radius 1 is 0.567 bits per heavy atom. The molecule has 6 nitrogen and oxygen atoms in total. The highest BCUT2D eigenvalue weighted by atomic mass is 16.3. The van der Waals surface area contributed by atoms with Crippen LogP contribution in [0.2, 0.25) is 0 Å². The molecule has 2 aromatic carbocycles. The van der Waals surface area contributed by atoms with Gasteiger partial charge in [0, 0.05) is 11.1 Å². The van der Waals surface area contributed by atoms with Crippen molar-refractivity contribution in [2.24, 2.45) is 0 Å². The maximum Gasteiger partial charge on any atom is 0.121 e. The zero-order chi connectivity index (χ0) is 21.6. The molecular formula is C24H36N2O4. The molecule has 0 heterocycles. The molecule has 0 fully saturated rings. The number of nitrogens with one attached hydrogen (secondary N) is 2. The van der Waals surface area contributed by atoms with E-state index in [1.165, 1.54) is 12.8 Å². The smallest absolute Gasteiger partial charge is 0.121 e. The molecule has 0 unspecified atom stereocenters. The second-order valence-corrected chi connectivity index (χ2v) is 7.66. The number of rotatable bonds is 15. The van der Waals surface area contributed by atoms with Crippen LogP contribution in [0.3, 0.4) is 0 Å². The predicted molar refractivity (Wildman–Crippen MR) is 120 cm³/mol. The summed E-state index contributed by atoms with van der Waals surface area (Å²) in [6.45, 7) is 3.53. The summed E-state index contributed by atoms with van der Waals surface area (Å²) in [7, 11) is 0. The van der Waals surface area contributed by atoms with E-state index in [-0.39, 0.29) is 24.7 Å². The highest BCUT2D eigenvalue weighted by molar-refractivity contribution is 5.36. The van der Waals surface area contributed by atoms with E-state index in [1.54, 1.807) is 12.1 Å². The molecular weight excluding hydrogens is 380 g/mol. The fourth-order valence-corrected chi connectivity index (χ4v) is 3.41. The van der Waals surface area contributed by atoms with Gasteiger partial charge < -0.3 is 31.1 Å². The molecule has 166 valence electrons. The van der Waals surface area contributed by atoms with Gasteiger partial charge >= 0.3 is 0 Å². The number of hydrogen-bond acceptors (Lipinski definition) is 6. The third kappa shape index (κ3) is 8.71. The van der Waals surface area contributed by atoms with E-state index >= 15 is 0 Å². The lowest BCUT2D eigenvalue weighted by molar-refractivity contribution is 0.275. The van der Waals surface area contributed by atoms with Gasteiger partial charge in [-0.05, 0) is 87.3 Å². The summed E-state index contributed by atoms with van der Waals surface area (Å²) in [6, 6.07) is 10.8. The average molecular weight is 417 g/mol. The first kappa shape index (κ1) is 24.2. The summed E-state index contributed by atoms with van der Waals surface area (Å²) in [6.07, 6.45) is 6.51. The van der Waals surface area contributed by atoms with Gasteiger partial charge in [-0.3, -0.25) is 0 Å². The van der Waals surface area contributed by atoms with Gasteiger partial charge in [0.1, 0.15) is 11.5 Å². The molecule has 0 saturated heterocycles. The van der Waals surface area contributed by atoms with Crippen LogP contribution in [0.4, 0.5) is 0 Å². The van der Waals surface area contributed by atoms with Crippen molar-refractivity contribution < 1.29 is 20.4 Å². The van der Waals surface area contributed by atoms with Crippen LogP contribution in [-0.4, -0.2) is 46.6 Å². The Morgan fingerprint density at radius 2 is 1.00 bits per heavy atom. The predicted octanol–water partition coefficient (Wildman–Crippen LogP) is 2.61. The van der Waals surface area contributed by atoms with E-state index in [0.717, 1.165) is 63.0 Å². The molecule has 2 aromatic rings.